The van der Waals surface area contributed by atoms with Gasteiger partial charge in [-0.25, -0.2) is 4.39 Å². The van der Waals surface area contributed by atoms with Crippen molar-refractivity contribution in [3.8, 4) is 0 Å². The van der Waals surface area contributed by atoms with Gasteiger partial charge in [0.25, 0.3) is 0 Å². The molecule has 0 radical (unpaired) electrons. The lowest BCUT2D eigenvalue weighted by molar-refractivity contribution is 0.0692. The largest absolute Gasteiger partial charge is 0.382 e. The molecular formula is C15H24FNO2. The Morgan fingerprint density at radius 3 is 2.68 bits per heavy atom. The van der Waals surface area contributed by atoms with Gasteiger partial charge in [0, 0.05) is 25.3 Å². The van der Waals surface area contributed by atoms with E-state index in [2.05, 4.69) is 12.2 Å². The predicted molar refractivity (Wildman–Crippen MR) is 74.7 cm³/mol. The Bertz CT molecular complexity index is 347. The van der Waals surface area contributed by atoms with Crippen molar-refractivity contribution in [3.05, 3.63) is 35.6 Å². The van der Waals surface area contributed by atoms with Gasteiger partial charge in [0.15, 0.2) is 0 Å². The number of halogens is 1. The molecule has 3 nitrogen and oxygen atoms in total. The van der Waals surface area contributed by atoms with Gasteiger partial charge in [0.2, 0.25) is 0 Å². The highest BCUT2D eigenvalue weighted by molar-refractivity contribution is 5.20. The van der Waals surface area contributed by atoms with E-state index in [-0.39, 0.29) is 11.9 Å². The minimum Gasteiger partial charge on any atom is -0.382 e. The van der Waals surface area contributed by atoms with E-state index in [1.54, 1.807) is 13.2 Å². The summed E-state index contributed by atoms with van der Waals surface area (Å²) in [4.78, 5) is 0. The second-order valence-electron chi connectivity index (χ2n) is 4.40. The van der Waals surface area contributed by atoms with Crippen LogP contribution in [-0.2, 0) is 9.47 Å². The van der Waals surface area contributed by atoms with Gasteiger partial charge >= 0.3 is 0 Å². The maximum absolute atomic E-state index is 13.7. The number of hydrogen-bond acceptors (Lipinski definition) is 3. The third-order valence-corrected chi connectivity index (χ3v) is 2.98. The first kappa shape index (κ1) is 16.1. The second kappa shape index (κ2) is 9.89. The van der Waals surface area contributed by atoms with E-state index in [1.165, 1.54) is 6.07 Å². The topological polar surface area (TPSA) is 30.5 Å². The molecule has 1 atom stereocenters. The van der Waals surface area contributed by atoms with Crippen LogP contribution in [0.3, 0.4) is 0 Å². The van der Waals surface area contributed by atoms with Crippen LogP contribution in [-0.4, -0.2) is 33.5 Å². The van der Waals surface area contributed by atoms with E-state index in [1.807, 2.05) is 12.1 Å². The van der Waals surface area contributed by atoms with Crippen molar-refractivity contribution in [2.75, 3.05) is 33.5 Å². The standard InChI is InChI=1S/C15H24FNO2/c1-3-15(13-7-4-5-8-14(13)16)17-9-6-10-19-12-11-18-2/h4-5,7-8,15,17H,3,6,9-12H2,1-2H3. The molecule has 108 valence electrons. The fourth-order valence-electron chi connectivity index (χ4n) is 1.93. The molecule has 4 heteroatoms. The van der Waals surface area contributed by atoms with Crippen molar-refractivity contribution in [3.63, 3.8) is 0 Å². The molecule has 0 amide bonds. The fourth-order valence-corrected chi connectivity index (χ4v) is 1.93. The van der Waals surface area contributed by atoms with Crippen LogP contribution >= 0.6 is 0 Å². The van der Waals surface area contributed by atoms with Gasteiger partial charge in [-0.3, -0.25) is 0 Å². The summed E-state index contributed by atoms with van der Waals surface area (Å²) in [5, 5.41) is 3.37. The van der Waals surface area contributed by atoms with Crippen molar-refractivity contribution >= 4 is 0 Å². The lowest BCUT2D eigenvalue weighted by Crippen LogP contribution is -2.23. The SMILES string of the molecule is CCC(NCCCOCCOC)c1ccccc1F. The van der Waals surface area contributed by atoms with E-state index >= 15 is 0 Å². The fraction of sp³-hybridized carbons (Fsp3) is 0.600. The van der Waals surface area contributed by atoms with Gasteiger partial charge in [-0.2, -0.15) is 0 Å². The van der Waals surface area contributed by atoms with Crippen LogP contribution in [0.1, 0.15) is 31.4 Å². The molecule has 0 aliphatic rings. The normalized spacial score (nSPS) is 12.6. The molecule has 0 aliphatic carbocycles. The van der Waals surface area contributed by atoms with Crippen LogP contribution in [0, 0.1) is 5.82 Å². The molecule has 1 N–H and O–H groups in total. The zero-order valence-electron chi connectivity index (χ0n) is 11.8. The minimum atomic E-state index is -0.141. The molecule has 0 spiro atoms. The third-order valence-electron chi connectivity index (χ3n) is 2.98. The van der Waals surface area contributed by atoms with Crippen molar-refractivity contribution < 1.29 is 13.9 Å². The molecule has 0 heterocycles. The highest BCUT2D eigenvalue weighted by Crippen LogP contribution is 2.19. The minimum absolute atomic E-state index is 0.0696. The Hall–Kier alpha value is -0.970. The summed E-state index contributed by atoms with van der Waals surface area (Å²) in [7, 11) is 1.66. The van der Waals surface area contributed by atoms with Gasteiger partial charge < -0.3 is 14.8 Å². The highest BCUT2D eigenvalue weighted by Gasteiger charge is 2.12. The van der Waals surface area contributed by atoms with E-state index in [4.69, 9.17) is 9.47 Å². The first-order valence-electron chi connectivity index (χ1n) is 6.84. The Labute approximate surface area is 115 Å². The number of hydrogen-bond donors (Lipinski definition) is 1. The molecule has 0 bridgehead atoms. The van der Waals surface area contributed by atoms with Crippen molar-refractivity contribution in [1.29, 1.82) is 0 Å². The van der Waals surface area contributed by atoms with Crippen molar-refractivity contribution in [2.24, 2.45) is 0 Å². The van der Waals surface area contributed by atoms with E-state index in [9.17, 15) is 4.39 Å². The first-order valence-corrected chi connectivity index (χ1v) is 6.84. The number of rotatable bonds is 10. The predicted octanol–water partition coefficient (Wildman–Crippen LogP) is 2.92. The summed E-state index contributed by atoms with van der Waals surface area (Å²) in [6.07, 6.45) is 1.78. The van der Waals surface area contributed by atoms with Gasteiger partial charge in [-0.1, -0.05) is 25.1 Å². The van der Waals surface area contributed by atoms with Crippen molar-refractivity contribution in [1.82, 2.24) is 5.32 Å². The number of benzene rings is 1. The van der Waals surface area contributed by atoms with Crippen LogP contribution in [0.2, 0.25) is 0 Å². The molecule has 0 saturated carbocycles. The Balaban J connectivity index is 2.24. The van der Waals surface area contributed by atoms with Gasteiger partial charge in [0.1, 0.15) is 5.82 Å². The molecule has 1 unspecified atom stereocenters. The van der Waals surface area contributed by atoms with Crippen LogP contribution in [0.4, 0.5) is 4.39 Å². The average molecular weight is 269 g/mol. The summed E-state index contributed by atoms with van der Waals surface area (Å²) in [6.45, 7) is 4.82. The molecular weight excluding hydrogens is 245 g/mol. The maximum atomic E-state index is 13.7. The second-order valence-corrected chi connectivity index (χ2v) is 4.40. The lowest BCUT2D eigenvalue weighted by atomic mass is 10.0. The zero-order chi connectivity index (χ0) is 13.9. The number of nitrogens with one attached hydrogen (secondary N) is 1. The van der Waals surface area contributed by atoms with Crippen LogP contribution < -0.4 is 5.32 Å². The van der Waals surface area contributed by atoms with Gasteiger partial charge in [-0.15, -0.1) is 0 Å². The third kappa shape index (κ3) is 6.14. The summed E-state index contributed by atoms with van der Waals surface area (Å²) < 4.78 is 23.9. The molecule has 0 saturated heterocycles. The number of ether oxygens (including phenoxy) is 2. The van der Waals surface area contributed by atoms with Crippen molar-refractivity contribution in [2.45, 2.75) is 25.8 Å². The van der Waals surface area contributed by atoms with E-state index in [0.29, 0.717) is 19.8 Å². The molecule has 1 aromatic rings. The van der Waals surface area contributed by atoms with Crippen LogP contribution in [0.5, 0.6) is 0 Å². The van der Waals surface area contributed by atoms with Gasteiger partial charge in [-0.05, 0) is 25.5 Å². The molecule has 1 aromatic carbocycles. The van der Waals surface area contributed by atoms with E-state index in [0.717, 1.165) is 24.9 Å². The van der Waals surface area contributed by atoms with Gasteiger partial charge in [0.05, 0.1) is 13.2 Å². The summed E-state index contributed by atoms with van der Waals surface area (Å²) in [5.41, 5.74) is 0.741. The van der Waals surface area contributed by atoms with Crippen LogP contribution in [0.15, 0.2) is 24.3 Å². The molecule has 0 aliphatic heterocycles. The Kier molecular flexibility index (Phi) is 8.38. The summed E-state index contributed by atoms with van der Waals surface area (Å²) in [5.74, 6) is -0.141. The summed E-state index contributed by atoms with van der Waals surface area (Å²) >= 11 is 0. The zero-order valence-corrected chi connectivity index (χ0v) is 11.8. The Morgan fingerprint density at radius 2 is 2.00 bits per heavy atom. The number of methoxy groups -OCH3 is 1. The lowest BCUT2D eigenvalue weighted by Gasteiger charge is -2.18. The average Bonchev–Trinajstić information content (AvgIpc) is 2.43. The smallest absolute Gasteiger partial charge is 0.127 e. The van der Waals surface area contributed by atoms with Crippen LogP contribution in [0.25, 0.3) is 0 Å². The summed E-state index contributed by atoms with van der Waals surface area (Å²) in [6, 6.07) is 7.01. The molecule has 0 fully saturated rings. The highest BCUT2D eigenvalue weighted by atomic mass is 19.1. The Morgan fingerprint density at radius 1 is 1.21 bits per heavy atom. The molecule has 19 heavy (non-hydrogen) atoms. The maximum Gasteiger partial charge on any atom is 0.127 e. The van der Waals surface area contributed by atoms with E-state index < -0.39 is 0 Å². The monoisotopic (exact) mass is 269 g/mol. The quantitative estimate of drug-likeness (QED) is 0.662. The first-order chi connectivity index (χ1) is 9.29. The molecule has 0 aromatic heterocycles. The molecule has 1 rings (SSSR count).